The molecule has 0 spiro atoms. The van der Waals surface area contributed by atoms with Gasteiger partial charge in [-0.25, -0.2) is 0 Å². The SMILES string of the molecule is CCCNC(CN(CCOC)C(C)COC)C1CCCC1. The molecule has 0 aliphatic heterocycles. The van der Waals surface area contributed by atoms with E-state index in [4.69, 9.17) is 9.47 Å². The smallest absolute Gasteiger partial charge is 0.0615 e. The second kappa shape index (κ2) is 11.4. The van der Waals surface area contributed by atoms with E-state index in [9.17, 15) is 0 Å². The summed E-state index contributed by atoms with van der Waals surface area (Å²) in [6, 6.07) is 1.06. The van der Waals surface area contributed by atoms with Gasteiger partial charge < -0.3 is 14.8 Å². The first kappa shape index (κ1) is 18.9. The molecule has 4 nitrogen and oxygen atoms in total. The van der Waals surface area contributed by atoms with Gasteiger partial charge in [-0.2, -0.15) is 0 Å². The maximum atomic E-state index is 5.35. The van der Waals surface area contributed by atoms with Crippen molar-refractivity contribution in [2.75, 3.05) is 47.1 Å². The van der Waals surface area contributed by atoms with E-state index in [-0.39, 0.29) is 0 Å². The van der Waals surface area contributed by atoms with Crippen LogP contribution in [-0.4, -0.2) is 64.1 Å². The minimum atomic E-state index is 0.442. The Morgan fingerprint density at radius 1 is 1.19 bits per heavy atom. The highest BCUT2D eigenvalue weighted by Crippen LogP contribution is 2.28. The molecular weight excluding hydrogens is 264 g/mol. The Balaban J connectivity index is 2.59. The molecule has 126 valence electrons. The van der Waals surface area contributed by atoms with Gasteiger partial charge in [-0.15, -0.1) is 0 Å². The number of hydrogen-bond donors (Lipinski definition) is 1. The standard InChI is InChI=1S/C17H36N2O2/c1-5-10-18-17(16-8-6-7-9-16)13-19(11-12-20-3)15(2)14-21-4/h15-18H,5-14H2,1-4H3. The lowest BCUT2D eigenvalue weighted by molar-refractivity contribution is 0.0635. The Bertz CT molecular complexity index is 245. The molecule has 0 radical (unpaired) electrons. The topological polar surface area (TPSA) is 33.7 Å². The molecule has 2 atom stereocenters. The van der Waals surface area contributed by atoms with E-state index in [0.717, 1.165) is 38.8 Å². The monoisotopic (exact) mass is 300 g/mol. The molecule has 0 aromatic heterocycles. The average molecular weight is 300 g/mol. The summed E-state index contributed by atoms with van der Waals surface area (Å²) in [6.07, 6.45) is 6.78. The predicted molar refractivity (Wildman–Crippen MR) is 88.8 cm³/mol. The normalized spacial score (nSPS) is 19.3. The van der Waals surface area contributed by atoms with Crippen LogP contribution in [0.25, 0.3) is 0 Å². The van der Waals surface area contributed by atoms with Gasteiger partial charge in [-0.05, 0) is 38.6 Å². The quantitative estimate of drug-likeness (QED) is 0.600. The molecule has 2 unspecified atom stereocenters. The van der Waals surface area contributed by atoms with Crippen molar-refractivity contribution < 1.29 is 9.47 Å². The van der Waals surface area contributed by atoms with Gasteiger partial charge in [0, 0.05) is 39.4 Å². The minimum Gasteiger partial charge on any atom is -0.383 e. The fraction of sp³-hybridized carbons (Fsp3) is 1.00. The molecule has 1 aliphatic rings. The van der Waals surface area contributed by atoms with Crippen LogP contribution in [0, 0.1) is 5.92 Å². The van der Waals surface area contributed by atoms with E-state index in [1.165, 1.54) is 32.1 Å². The van der Waals surface area contributed by atoms with Gasteiger partial charge >= 0.3 is 0 Å². The van der Waals surface area contributed by atoms with Crippen LogP contribution in [0.3, 0.4) is 0 Å². The number of nitrogens with one attached hydrogen (secondary N) is 1. The maximum Gasteiger partial charge on any atom is 0.0615 e. The predicted octanol–water partition coefficient (Wildman–Crippen LogP) is 2.53. The first-order valence-corrected chi connectivity index (χ1v) is 8.68. The lowest BCUT2D eigenvalue weighted by atomic mass is 9.97. The number of ether oxygens (including phenoxy) is 2. The zero-order chi connectivity index (χ0) is 15.5. The molecule has 21 heavy (non-hydrogen) atoms. The largest absolute Gasteiger partial charge is 0.383 e. The van der Waals surface area contributed by atoms with Crippen LogP contribution in [0.2, 0.25) is 0 Å². The van der Waals surface area contributed by atoms with Crippen LogP contribution < -0.4 is 5.32 Å². The second-order valence-electron chi connectivity index (χ2n) is 6.40. The first-order chi connectivity index (χ1) is 10.2. The van der Waals surface area contributed by atoms with Crippen molar-refractivity contribution in [3.63, 3.8) is 0 Å². The Labute approximate surface area is 131 Å². The van der Waals surface area contributed by atoms with Crippen molar-refractivity contribution in [1.29, 1.82) is 0 Å². The van der Waals surface area contributed by atoms with Crippen LogP contribution in [0.5, 0.6) is 0 Å². The summed E-state index contributed by atoms with van der Waals surface area (Å²) in [6.45, 7) is 9.29. The van der Waals surface area contributed by atoms with Gasteiger partial charge in [-0.3, -0.25) is 4.90 Å². The molecule has 0 aromatic carbocycles. The molecule has 4 heteroatoms. The summed E-state index contributed by atoms with van der Waals surface area (Å²) < 4.78 is 10.6. The second-order valence-corrected chi connectivity index (χ2v) is 6.40. The summed E-state index contributed by atoms with van der Waals surface area (Å²) in [4.78, 5) is 2.53. The van der Waals surface area contributed by atoms with Gasteiger partial charge in [0.15, 0.2) is 0 Å². The summed E-state index contributed by atoms with van der Waals surface area (Å²) in [7, 11) is 3.57. The number of nitrogens with zero attached hydrogens (tertiary/aromatic N) is 1. The molecule has 0 heterocycles. The lowest BCUT2D eigenvalue weighted by Crippen LogP contribution is -2.49. The van der Waals surface area contributed by atoms with Crippen molar-refractivity contribution in [2.45, 2.75) is 58.0 Å². The molecule has 0 bridgehead atoms. The number of methoxy groups -OCH3 is 2. The van der Waals surface area contributed by atoms with Crippen LogP contribution in [0.1, 0.15) is 46.0 Å². The Kier molecular flexibility index (Phi) is 10.3. The summed E-state index contributed by atoms with van der Waals surface area (Å²) >= 11 is 0. The van der Waals surface area contributed by atoms with Crippen molar-refractivity contribution in [3.05, 3.63) is 0 Å². The molecule has 0 amide bonds. The summed E-state index contributed by atoms with van der Waals surface area (Å²) in [5.74, 6) is 0.844. The van der Waals surface area contributed by atoms with Crippen LogP contribution in [0.15, 0.2) is 0 Å². The van der Waals surface area contributed by atoms with E-state index in [2.05, 4.69) is 24.1 Å². The maximum absolute atomic E-state index is 5.35. The van der Waals surface area contributed by atoms with Crippen molar-refractivity contribution >= 4 is 0 Å². The third kappa shape index (κ3) is 7.09. The third-order valence-electron chi connectivity index (χ3n) is 4.67. The molecule has 1 fully saturated rings. The Morgan fingerprint density at radius 3 is 2.48 bits per heavy atom. The van der Waals surface area contributed by atoms with Crippen LogP contribution in [-0.2, 0) is 9.47 Å². The summed E-state index contributed by atoms with van der Waals surface area (Å²) in [5, 5.41) is 3.79. The number of hydrogen-bond acceptors (Lipinski definition) is 4. The van der Waals surface area contributed by atoms with Crippen molar-refractivity contribution in [1.82, 2.24) is 10.2 Å². The fourth-order valence-electron chi connectivity index (χ4n) is 3.37. The number of rotatable bonds is 12. The lowest BCUT2D eigenvalue weighted by Gasteiger charge is -2.35. The molecular formula is C17H36N2O2. The average Bonchev–Trinajstić information content (AvgIpc) is 3.01. The highest BCUT2D eigenvalue weighted by molar-refractivity contribution is 4.84. The highest BCUT2D eigenvalue weighted by atomic mass is 16.5. The minimum absolute atomic E-state index is 0.442. The third-order valence-corrected chi connectivity index (χ3v) is 4.67. The van der Waals surface area contributed by atoms with Crippen molar-refractivity contribution in [2.24, 2.45) is 5.92 Å². The van der Waals surface area contributed by atoms with Crippen LogP contribution in [0.4, 0.5) is 0 Å². The van der Waals surface area contributed by atoms with Gasteiger partial charge in [0.25, 0.3) is 0 Å². The van der Waals surface area contributed by atoms with Gasteiger partial charge in [-0.1, -0.05) is 19.8 Å². The van der Waals surface area contributed by atoms with E-state index >= 15 is 0 Å². The highest BCUT2D eigenvalue weighted by Gasteiger charge is 2.27. The van der Waals surface area contributed by atoms with E-state index < -0.39 is 0 Å². The molecule has 1 rings (SSSR count). The van der Waals surface area contributed by atoms with E-state index in [1.807, 2.05) is 0 Å². The Hall–Kier alpha value is -0.160. The molecule has 1 saturated carbocycles. The zero-order valence-corrected chi connectivity index (χ0v) is 14.6. The van der Waals surface area contributed by atoms with E-state index in [1.54, 1.807) is 14.2 Å². The van der Waals surface area contributed by atoms with Gasteiger partial charge in [0.2, 0.25) is 0 Å². The molecule has 1 aliphatic carbocycles. The van der Waals surface area contributed by atoms with E-state index in [0.29, 0.717) is 12.1 Å². The fourth-order valence-corrected chi connectivity index (χ4v) is 3.37. The van der Waals surface area contributed by atoms with Gasteiger partial charge in [0.05, 0.1) is 13.2 Å². The molecule has 0 saturated heterocycles. The van der Waals surface area contributed by atoms with Gasteiger partial charge in [0.1, 0.15) is 0 Å². The van der Waals surface area contributed by atoms with Crippen LogP contribution >= 0.6 is 0 Å². The first-order valence-electron chi connectivity index (χ1n) is 8.68. The molecule has 1 N–H and O–H groups in total. The summed E-state index contributed by atoms with van der Waals surface area (Å²) in [5.41, 5.74) is 0. The molecule has 0 aromatic rings. The Morgan fingerprint density at radius 2 is 1.90 bits per heavy atom. The van der Waals surface area contributed by atoms with Crippen molar-refractivity contribution in [3.8, 4) is 0 Å². The zero-order valence-electron chi connectivity index (χ0n) is 14.6.